The Kier molecular flexibility index (Phi) is 8.20. The van der Waals surface area contributed by atoms with Gasteiger partial charge in [0.2, 0.25) is 0 Å². The van der Waals surface area contributed by atoms with Crippen molar-refractivity contribution in [2.75, 3.05) is 33.4 Å². The first-order valence-corrected chi connectivity index (χ1v) is 8.03. The van der Waals surface area contributed by atoms with Crippen LogP contribution >= 0.6 is 12.4 Å². The zero-order valence-electron chi connectivity index (χ0n) is 14.1. The second kappa shape index (κ2) is 9.63. The lowest BCUT2D eigenvalue weighted by molar-refractivity contribution is 0.0692. The molecule has 0 aromatic heterocycles. The third-order valence-electron chi connectivity index (χ3n) is 3.91. The lowest BCUT2D eigenvalue weighted by atomic mass is 10.1. The normalized spacial score (nSPS) is 16.6. The molecule has 1 aliphatic rings. The lowest BCUT2D eigenvalue weighted by Gasteiger charge is -2.28. The maximum absolute atomic E-state index is 12.9. The van der Waals surface area contributed by atoms with Crippen molar-refractivity contribution < 1.29 is 14.3 Å². The SMILES string of the molecule is CCCN(C(=O)c1ccc(OCC)c(OC)c1)C1CCNC1.Cl. The molecule has 1 unspecified atom stereocenters. The van der Waals surface area contributed by atoms with Crippen LogP contribution in [0.2, 0.25) is 0 Å². The van der Waals surface area contributed by atoms with Gasteiger partial charge in [-0.2, -0.15) is 0 Å². The molecule has 1 saturated heterocycles. The second-order valence-corrected chi connectivity index (χ2v) is 5.44. The van der Waals surface area contributed by atoms with Crippen molar-refractivity contribution in [2.24, 2.45) is 0 Å². The van der Waals surface area contributed by atoms with Gasteiger partial charge in [0, 0.05) is 24.7 Å². The molecule has 0 saturated carbocycles. The molecule has 5 nitrogen and oxygen atoms in total. The molecule has 0 spiro atoms. The third-order valence-corrected chi connectivity index (χ3v) is 3.91. The number of methoxy groups -OCH3 is 1. The Balaban J connectivity index is 0.00000264. The van der Waals surface area contributed by atoms with Crippen LogP contribution in [-0.2, 0) is 0 Å². The van der Waals surface area contributed by atoms with E-state index in [1.165, 1.54) is 0 Å². The Bertz CT molecular complexity index is 505. The monoisotopic (exact) mass is 342 g/mol. The van der Waals surface area contributed by atoms with Gasteiger partial charge in [0.15, 0.2) is 11.5 Å². The van der Waals surface area contributed by atoms with E-state index < -0.39 is 0 Å². The number of carbonyl (C=O) groups is 1. The largest absolute Gasteiger partial charge is 0.493 e. The van der Waals surface area contributed by atoms with E-state index in [9.17, 15) is 4.79 Å². The molecule has 0 aliphatic carbocycles. The number of carbonyl (C=O) groups excluding carboxylic acids is 1. The molecule has 1 fully saturated rings. The van der Waals surface area contributed by atoms with Crippen LogP contribution in [0, 0.1) is 0 Å². The third kappa shape index (κ3) is 4.75. The van der Waals surface area contributed by atoms with Crippen molar-refractivity contribution in [3.63, 3.8) is 0 Å². The highest BCUT2D eigenvalue weighted by molar-refractivity contribution is 5.95. The van der Waals surface area contributed by atoms with Crippen LogP contribution in [0.1, 0.15) is 37.0 Å². The fourth-order valence-corrected chi connectivity index (χ4v) is 2.84. The van der Waals surface area contributed by atoms with Gasteiger partial charge in [-0.05, 0) is 44.5 Å². The summed E-state index contributed by atoms with van der Waals surface area (Å²) in [6.45, 7) is 7.22. The lowest BCUT2D eigenvalue weighted by Crippen LogP contribution is -2.42. The Labute approximate surface area is 144 Å². The van der Waals surface area contributed by atoms with E-state index >= 15 is 0 Å². The summed E-state index contributed by atoms with van der Waals surface area (Å²) < 4.78 is 10.9. The van der Waals surface area contributed by atoms with Crippen molar-refractivity contribution in [3.05, 3.63) is 23.8 Å². The van der Waals surface area contributed by atoms with E-state index in [1.807, 2.05) is 24.0 Å². The maximum atomic E-state index is 12.9. The molecule has 23 heavy (non-hydrogen) atoms. The first-order chi connectivity index (χ1) is 10.7. The Hall–Kier alpha value is -1.46. The highest BCUT2D eigenvalue weighted by Gasteiger charge is 2.27. The minimum atomic E-state index is 0. The van der Waals surface area contributed by atoms with Gasteiger partial charge in [0.25, 0.3) is 5.91 Å². The minimum absolute atomic E-state index is 0. The number of benzene rings is 1. The molecule has 1 amide bonds. The van der Waals surface area contributed by atoms with Crippen LogP contribution in [0.15, 0.2) is 18.2 Å². The molecule has 130 valence electrons. The summed E-state index contributed by atoms with van der Waals surface area (Å²) >= 11 is 0. The molecule has 6 heteroatoms. The molecule has 1 heterocycles. The number of amides is 1. The number of rotatable bonds is 7. The average Bonchev–Trinajstić information content (AvgIpc) is 3.06. The zero-order chi connectivity index (χ0) is 15.9. The van der Waals surface area contributed by atoms with Crippen LogP contribution in [-0.4, -0.2) is 50.2 Å². The fraction of sp³-hybridized carbons (Fsp3) is 0.588. The van der Waals surface area contributed by atoms with Gasteiger partial charge in [0.05, 0.1) is 13.7 Å². The molecular formula is C17H27ClN2O3. The first-order valence-electron chi connectivity index (χ1n) is 8.03. The quantitative estimate of drug-likeness (QED) is 0.827. The number of hydrogen-bond acceptors (Lipinski definition) is 4. The molecule has 1 aliphatic heterocycles. The van der Waals surface area contributed by atoms with E-state index in [2.05, 4.69) is 12.2 Å². The zero-order valence-corrected chi connectivity index (χ0v) is 14.9. The number of hydrogen-bond donors (Lipinski definition) is 1. The smallest absolute Gasteiger partial charge is 0.254 e. The number of halogens is 1. The van der Waals surface area contributed by atoms with Crippen LogP contribution in [0.5, 0.6) is 11.5 Å². The molecule has 0 radical (unpaired) electrons. The topological polar surface area (TPSA) is 50.8 Å². The van der Waals surface area contributed by atoms with Crippen LogP contribution in [0.4, 0.5) is 0 Å². The predicted octanol–water partition coefficient (Wildman–Crippen LogP) is 2.73. The summed E-state index contributed by atoms with van der Waals surface area (Å²) in [4.78, 5) is 14.8. The molecule has 0 bridgehead atoms. The average molecular weight is 343 g/mol. The van der Waals surface area contributed by atoms with Crippen molar-refractivity contribution in [3.8, 4) is 11.5 Å². The van der Waals surface area contributed by atoms with E-state index in [0.717, 1.165) is 32.5 Å². The molecule has 1 aromatic carbocycles. The van der Waals surface area contributed by atoms with Crippen LogP contribution in [0.25, 0.3) is 0 Å². The highest BCUT2D eigenvalue weighted by atomic mass is 35.5. The Morgan fingerprint density at radius 3 is 2.70 bits per heavy atom. The summed E-state index contributed by atoms with van der Waals surface area (Å²) in [5.74, 6) is 1.34. The Morgan fingerprint density at radius 2 is 2.13 bits per heavy atom. The van der Waals surface area contributed by atoms with Crippen LogP contribution < -0.4 is 14.8 Å². The second-order valence-electron chi connectivity index (χ2n) is 5.44. The summed E-state index contributed by atoms with van der Waals surface area (Å²) in [6, 6.07) is 5.69. The summed E-state index contributed by atoms with van der Waals surface area (Å²) in [5.41, 5.74) is 0.653. The molecule has 1 atom stereocenters. The van der Waals surface area contributed by atoms with Crippen molar-refractivity contribution >= 4 is 18.3 Å². The number of ether oxygens (including phenoxy) is 2. The van der Waals surface area contributed by atoms with Crippen molar-refractivity contribution in [1.29, 1.82) is 0 Å². The molecule has 2 rings (SSSR count). The Morgan fingerprint density at radius 1 is 1.35 bits per heavy atom. The number of nitrogens with one attached hydrogen (secondary N) is 1. The first kappa shape index (κ1) is 19.6. The number of nitrogens with zero attached hydrogens (tertiary/aromatic N) is 1. The van der Waals surface area contributed by atoms with E-state index in [4.69, 9.17) is 9.47 Å². The minimum Gasteiger partial charge on any atom is -0.493 e. The predicted molar refractivity (Wildman–Crippen MR) is 94.0 cm³/mol. The van der Waals surface area contributed by atoms with Gasteiger partial charge >= 0.3 is 0 Å². The van der Waals surface area contributed by atoms with Crippen LogP contribution in [0.3, 0.4) is 0 Å². The maximum Gasteiger partial charge on any atom is 0.254 e. The summed E-state index contributed by atoms with van der Waals surface area (Å²) in [7, 11) is 1.59. The van der Waals surface area contributed by atoms with E-state index in [1.54, 1.807) is 13.2 Å². The summed E-state index contributed by atoms with van der Waals surface area (Å²) in [5, 5.41) is 3.33. The standard InChI is InChI=1S/C17H26N2O3.ClH/c1-4-10-19(14-8-9-18-12-14)17(20)13-6-7-15(22-5-2)16(11-13)21-3;/h6-7,11,14,18H,4-5,8-10,12H2,1-3H3;1H. The van der Waals surface area contributed by atoms with Crippen molar-refractivity contribution in [2.45, 2.75) is 32.7 Å². The molecular weight excluding hydrogens is 316 g/mol. The van der Waals surface area contributed by atoms with Gasteiger partial charge in [0.1, 0.15) is 0 Å². The van der Waals surface area contributed by atoms with Gasteiger partial charge in [-0.25, -0.2) is 0 Å². The highest BCUT2D eigenvalue weighted by Crippen LogP contribution is 2.29. The van der Waals surface area contributed by atoms with Crippen molar-refractivity contribution in [1.82, 2.24) is 10.2 Å². The molecule has 1 aromatic rings. The van der Waals surface area contributed by atoms with Gasteiger partial charge < -0.3 is 19.7 Å². The van der Waals surface area contributed by atoms with E-state index in [-0.39, 0.29) is 24.4 Å². The van der Waals surface area contributed by atoms with E-state index in [0.29, 0.717) is 23.7 Å². The van der Waals surface area contributed by atoms with Gasteiger partial charge in [-0.3, -0.25) is 4.79 Å². The van der Waals surface area contributed by atoms with Gasteiger partial charge in [-0.1, -0.05) is 6.92 Å². The molecule has 1 N–H and O–H groups in total. The fourth-order valence-electron chi connectivity index (χ4n) is 2.84. The van der Waals surface area contributed by atoms with Gasteiger partial charge in [-0.15, -0.1) is 12.4 Å². The summed E-state index contributed by atoms with van der Waals surface area (Å²) in [6.07, 6.45) is 1.97.